The molecule has 0 aliphatic carbocycles. The third kappa shape index (κ3) is 2.94. The summed E-state index contributed by atoms with van der Waals surface area (Å²) in [5, 5.41) is 13.3. The number of carbonyl (C=O) groups excluding carboxylic acids is 1. The van der Waals surface area contributed by atoms with Gasteiger partial charge in [0, 0.05) is 24.0 Å². The maximum atomic E-state index is 11.9. The second kappa shape index (κ2) is 5.43. The first-order valence-corrected chi connectivity index (χ1v) is 5.82. The molecule has 0 unspecified atom stereocenters. The van der Waals surface area contributed by atoms with Crippen molar-refractivity contribution in [2.24, 2.45) is 0 Å². The summed E-state index contributed by atoms with van der Waals surface area (Å²) in [6, 6.07) is 4.23. The second-order valence-corrected chi connectivity index (χ2v) is 4.25. The fourth-order valence-electron chi connectivity index (χ4n) is 1.60. The van der Waals surface area contributed by atoms with Gasteiger partial charge in [0.2, 0.25) is 0 Å². The Morgan fingerprint density at radius 2 is 2.00 bits per heavy atom. The molecule has 7 heteroatoms. The molecule has 2 rings (SSSR count). The number of carbonyl (C=O) groups is 1. The summed E-state index contributed by atoms with van der Waals surface area (Å²) in [5.74, 6) is -0.408. The van der Waals surface area contributed by atoms with Crippen molar-refractivity contribution in [3.63, 3.8) is 0 Å². The molecule has 0 radical (unpaired) electrons. The number of hydrogen-bond acceptors (Lipinski definition) is 5. The number of amides is 1. The molecule has 1 aromatic heterocycles. The highest BCUT2D eigenvalue weighted by atomic mass is 16.6. The van der Waals surface area contributed by atoms with Crippen LogP contribution in [-0.4, -0.2) is 20.8 Å². The molecular formula is C13H12N4O3. The van der Waals surface area contributed by atoms with E-state index in [1.54, 1.807) is 13.8 Å². The van der Waals surface area contributed by atoms with E-state index in [1.165, 1.54) is 30.6 Å². The fraction of sp³-hybridized carbons (Fsp3) is 0.154. The molecule has 20 heavy (non-hydrogen) atoms. The van der Waals surface area contributed by atoms with Crippen molar-refractivity contribution in [1.29, 1.82) is 0 Å². The Morgan fingerprint density at radius 3 is 2.55 bits per heavy atom. The highest BCUT2D eigenvalue weighted by molar-refractivity contribution is 6.03. The Morgan fingerprint density at radius 1 is 1.25 bits per heavy atom. The Balaban J connectivity index is 2.19. The molecule has 0 saturated carbocycles. The lowest BCUT2D eigenvalue weighted by atomic mass is 10.1. The van der Waals surface area contributed by atoms with Crippen LogP contribution in [0.1, 0.15) is 21.7 Å². The summed E-state index contributed by atoms with van der Waals surface area (Å²) in [5.41, 5.74) is 1.99. The quantitative estimate of drug-likeness (QED) is 0.682. The lowest BCUT2D eigenvalue weighted by Crippen LogP contribution is -2.15. The number of nitro groups is 1. The van der Waals surface area contributed by atoms with Gasteiger partial charge in [0.05, 0.1) is 16.8 Å². The zero-order chi connectivity index (χ0) is 14.7. The highest BCUT2D eigenvalue weighted by Gasteiger charge is 2.12. The van der Waals surface area contributed by atoms with E-state index < -0.39 is 10.8 Å². The molecule has 0 fully saturated rings. The fourth-order valence-corrected chi connectivity index (χ4v) is 1.60. The van der Waals surface area contributed by atoms with E-state index in [9.17, 15) is 14.9 Å². The monoisotopic (exact) mass is 272 g/mol. The van der Waals surface area contributed by atoms with Gasteiger partial charge in [-0.25, -0.2) is 4.98 Å². The third-order valence-corrected chi connectivity index (χ3v) is 2.68. The first-order chi connectivity index (χ1) is 9.47. The minimum atomic E-state index is -0.482. The largest absolute Gasteiger partial charge is 0.320 e. The van der Waals surface area contributed by atoms with Gasteiger partial charge in [-0.1, -0.05) is 0 Å². The maximum absolute atomic E-state index is 11.9. The first-order valence-electron chi connectivity index (χ1n) is 5.82. The minimum absolute atomic E-state index is 0.0179. The number of anilines is 1. The number of aryl methyl sites for hydroxylation is 2. The summed E-state index contributed by atoms with van der Waals surface area (Å²) in [7, 11) is 0. The topological polar surface area (TPSA) is 98.0 Å². The molecular weight excluding hydrogens is 260 g/mol. The standard InChI is InChI=1S/C13H12N4O3/c1-8-5-10(17(19)20)3-4-11(8)16-13(18)12-7-14-9(2)6-15-12/h3-7H,1-2H3,(H,16,18). The number of hydrogen-bond donors (Lipinski definition) is 1. The highest BCUT2D eigenvalue weighted by Crippen LogP contribution is 2.21. The van der Waals surface area contributed by atoms with E-state index in [0.29, 0.717) is 16.9 Å². The Labute approximate surface area is 114 Å². The number of nitro benzene ring substituents is 1. The van der Waals surface area contributed by atoms with E-state index in [0.717, 1.165) is 0 Å². The van der Waals surface area contributed by atoms with Crippen molar-refractivity contribution in [3.05, 3.63) is 57.7 Å². The lowest BCUT2D eigenvalue weighted by molar-refractivity contribution is -0.384. The second-order valence-electron chi connectivity index (χ2n) is 4.25. The molecule has 1 amide bonds. The Hall–Kier alpha value is -2.83. The average Bonchev–Trinajstić information content (AvgIpc) is 2.41. The zero-order valence-corrected chi connectivity index (χ0v) is 11.0. The molecule has 1 heterocycles. The van der Waals surface area contributed by atoms with E-state index in [1.807, 2.05) is 0 Å². The summed E-state index contributed by atoms with van der Waals surface area (Å²) in [6.07, 6.45) is 2.88. The molecule has 2 aromatic rings. The van der Waals surface area contributed by atoms with E-state index in [-0.39, 0.29) is 11.4 Å². The molecule has 0 aliphatic rings. The molecule has 0 atom stereocenters. The first kappa shape index (κ1) is 13.6. The van der Waals surface area contributed by atoms with E-state index in [2.05, 4.69) is 15.3 Å². The van der Waals surface area contributed by atoms with Crippen molar-refractivity contribution in [1.82, 2.24) is 9.97 Å². The minimum Gasteiger partial charge on any atom is -0.320 e. The van der Waals surface area contributed by atoms with Crippen LogP contribution in [0.2, 0.25) is 0 Å². The van der Waals surface area contributed by atoms with Crippen LogP contribution in [0.5, 0.6) is 0 Å². The molecule has 1 N–H and O–H groups in total. The summed E-state index contributed by atoms with van der Waals surface area (Å²) >= 11 is 0. The molecule has 0 spiro atoms. The van der Waals surface area contributed by atoms with Gasteiger partial charge in [0.1, 0.15) is 5.69 Å². The summed E-state index contributed by atoms with van der Waals surface area (Å²) in [6.45, 7) is 3.46. The zero-order valence-electron chi connectivity index (χ0n) is 11.0. The number of rotatable bonds is 3. The van der Waals surface area contributed by atoms with E-state index in [4.69, 9.17) is 0 Å². The lowest BCUT2D eigenvalue weighted by Gasteiger charge is -2.07. The van der Waals surface area contributed by atoms with Crippen molar-refractivity contribution < 1.29 is 9.72 Å². The SMILES string of the molecule is Cc1cnc(C(=O)Nc2ccc([N+](=O)[O-])cc2C)cn1. The molecule has 1 aromatic carbocycles. The average molecular weight is 272 g/mol. The van der Waals surface area contributed by atoms with Gasteiger partial charge >= 0.3 is 0 Å². The molecule has 0 aliphatic heterocycles. The predicted molar refractivity (Wildman–Crippen MR) is 72.6 cm³/mol. The predicted octanol–water partition coefficient (Wildman–Crippen LogP) is 2.25. The van der Waals surface area contributed by atoms with Gasteiger partial charge in [-0.05, 0) is 25.5 Å². The van der Waals surface area contributed by atoms with Crippen LogP contribution in [0.15, 0.2) is 30.6 Å². The van der Waals surface area contributed by atoms with Gasteiger partial charge in [-0.15, -0.1) is 0 Å². The molecule has 7 nitrogen and oxygen atoms in total. The molecule has 0 saturated heterocycles. The summed E-state index contributed by atoms with van der Waals surface area (Å²) in [4.78, 5) is 30.1. The van der Waals surface area contributed by atoms with Crippen molar-refractivity contribution in [2.45, 2.75) is 13.8 Å². The van der Waals surface area contributed by atoms with Gasteiger partial charge in [0.15, 0.2) is 0 Å². The van der Waals surface area contributed by atoms with Crippen LogP contribution in [0.3, 0.4) is 0 Å². The Bertz CT molecular complexity index is 668. The molecule has 0 bridgehead atoms. The van der Waals surface area contributed by atoms with Gasteiger partial charge in [-0.3, -0.25) is 19.9 Å². The third-order valence-electron chi connectivity index (χ3n) is 2.68. The van der Waals surface area contributed by atoms with Crippen molar-refractivity contribution >= 4 is 17.3 Å². The Kier molecular flexibility index (Phi) is 3.69. The number of nitrogens with zero attached hydrogens (tertiary/aromatic N) is 3. The van der Waals surface area contributed by atoms with Crippen LogP contribution >= 0.6 is 0 Å². The number of nitrogens with one attached hydrogen (secondary N) is 1. The van der Waals surface area contributed by atoms with Crippen LogP contribution in [0.25, 0.3) is 0 Å². The van der Waals surface area contributed by atoms with Crippen molar-refractivity contribution in [2.75, 3.05) is 5.32 Å². The number of aromatic nitrogens is 2. The summed E-state index contributed by atoms with van der Waals surface area (Å²) < 4.78 is 0. The van der Waals surface area contributed by atoms with Crippen LogP contribution in [-0.2, 0) is 0 Å². The van der Waals surface area contributed by atoms with Crippen molar-refractivity contribution in [3.8, 4) is 0 Å². The van der Waals surface area contributed by atoms with Crippen LogP contribution < -0.4 is 5.32 Å². The van der Waals surface area contributed by atoms with E-state index >= 15 is 0 Å². The van der Waals surface area contributed by atoms with Crippen LogP contribution in [0, 0.1) is 24.0 Å². The normalized spacial score (nSPS) is 10.1. The number of non-ortho nitro benzene ring substituents is 1. The maximum Gasteiger partial charge on any atom is 0.275 e. The van der Waals surface area contributed by atoms with Gasteiger partial charge in [0.25, 0.3) is 11.6 Å². The van der Waals surface area contributed by atoms with Gasteiger partial charge in [-0.2, -0.15) is 0 Å². The number of benzene rings is 1. The smallest absolute Gasteiger partial charge is 0.275 e. The molecule has 102 valence electrons. The van der Waals surface area contributed by atoms with Crippen LogP contribution in [0.4, 0.5) is 11.4 Å². The van der Waals surface area contributed by atoms with Gasteiger partial charge < -0.3 is 5.32 Å².